The van der Waals surface area contributed by atoms with Crippen LogP contribution < -0.4 is 26.0 Å². The zero-order chi connectivity index (χ0) is 58.6. The summed E-state index contributed by atoms with van der Waals surface area (Å²) in [6, 6.07) is 17.2. The maximum atomic E-state index is 14.7. The first-order valence-electron chi connectivity index (χ1n) is 27.8. The fourth-order valence-electron chi connectivity index (χ4n) is 11.4. The zero-order valence-electron chi connectivity index (χ0n) is 48.1. The van der Waals surface area contributed by atoms with Gasteiger partial charge >= 0.3 is 12.2 Å². The van der Waals surface area contributed by atoms with Gasteiger partial charge in [-0.25, -0.2) is 9.59 Å². The van der Waals surface area contributed by atoms with E-state index in [-0.39, 0.29) is 66.4 Å². The summed E-state index contributed by atoms with van der Waals surface area (Å²) >= 11 is 0. The van der Waals surface area contributed by atoms with Gasteiger partial charge in [0.15, 0.2) is 0 Å². The third-order valence-electron chi connectivity index (χ3n) is 15.8. The number of carbonyl (C=O) groups excluding carboxylic acids is 7. The number of non-ortho nitro benzene ring substituents is 1. The van der Waals surface area contributed by atoms with E-state index >= 15 is 0 Å². The summed E-state index contributed by atoms with van der Waals surface area (Å²) in [5.41, 5.74) is 1.04. The van der Waals surface area contributed by atoms with E-state index in [2.05, 4.69) is 21.3 Å². The lowest BCUT2D eigenvalue weighted by molar-refractivity contribution is -0.384. The molecule has 6 rings (SSSR count). The summed E-state index contributed by atoms with van der Waals surface area (Å²) in [6.07, 6.45) is 1.40. The molecule has 0 aromatic heterocycles. The van der Waals surface area contributed by atoms with Crippen LogP contribution in [0.3, 0.4) is 0 Å². The molecule has 80 heavy (non-hydrogen) atoms. The number of amides is 7. The van der Waals surface area contributed by atoms with Crippen molar-refractivity contribution in [3.8, 4) is 5.75 Å². The van der Waals surface area contributed by atoms with E-state index in [1.165, 1.54) is 38.5 Å². The Balaban J connectivity index is 1.09. The highest BCUT2D eigenvalue weighted by molar-refractivity contribution is 5.98. The number of nitrogens with one attached hydrogen (secondary N) is 4. The molecular weight excluding hydrogens is 1030 g/mol. The summed E-state index contributed by atoms with van der Waals surface area (Å²) in [4.78, 5) is 113. The number of benzene rings is 3. The minimum absolute atomic E-state index is 0.0468. The van der Waals surface area contributed by atoms with E-state index < -0.39 is 88.8 Å². The Labute approximate surface area is 469 Å². The molecule has 3 aliphatic rings. The first-order chi connectivity index (χ1) is 37.9. The number of likely N-dealkylation sites (N-methyl/N-ethyl adjacent to an activating group) is 1. The van der Waals surface area contributed by atoms with Crippen molar-refractivity contribution in [3.63, 3.8) is 0 Å². The molecule has 2 aliphatic heterocycles. The van der Waals surface area contributed by atoms with Gasteiger partial charge in [-0.05, 0) is 106 Å². The predicted molar refractivity (Wildman–Crippen MR) is 299 cm³/mol. The van der Waals surface area contributed by atoms with E-state index in [0.717, 1.165) is 18.4 Å². The van der Waals surface area contributed by atoms with Gasteiger partial charge in [-0.3, -0.25) is 39.0 Å². The van der Waals surface area contributed by atoms with Gasteiger partial charge in [0, 0.05) is 64.6 Å². The molecular formula is C59H82N8O13. The lowest BCUT2D eigenvalue weighted by Crippen LogP contribution is -2.61. The average Bonchev–Trinajstić information content (AvgIpc) is 4.25. The third-order valence-corrected chi connectivity index (χ3v) is 15.8. The summed E-state index contributed by atoms with van der Waals surface area (Å²) < 4.78 is 23.1. The Morgan fingerprint density at radius 2 is 1.51 bits per heavy atom. The normalized spacial score (nSPS) is 20.4. The molecule has 0 radical (unpaired) electrons. The minimum atomic E-state index is -1.02. The van der Waals surface area contributed by atoms with Crippen molar-refractivity contribution >= 4 is 53.1 Å². The molecule has 4 N–H and O–H groups in total. The van der Waals surface area contributed by atoms with Gasteiger partial charge in [0.2, 0.25) is 29.5 Å². The molecule has 2 heterocycles. The molecule has 21 heteroatoms. The maximum absolute atomic E-state index is 14.7. The smallest absolute Gasteiger partial charge is 0.412 e. The monoisotopic (exact) mass is 1110 g/mol. The number of hydrogen-bond acceptors (Lipinski definition) is 13. The number of nitro groups is 1. The minimum Gasteiger partial charge on any atom is -0.444 e. The number of fused-ring (bicyclic) bond motifs is 2. The summed E-state index contributed by atoms with van der Waals surface area (Å²) in [5.74, 6) is -3.10. The van der Waals surface area contributed by atoms with Crippen molar-refractivity contribution in [3.05, 3.63) is 100 Å². The number of ether oxygens (including phenoxy) is 4. The number of rotatable bonds is 24. The van der Waals surface area contributed by atoms with Crippen molar-refractivity contribution in [1.82, 2.24) is 30.7 Å². The molecule has 436 valence electrons. The van der Waals surface area contributed by atoms with Gasteiger partial charge in [0.05, 0.1) is 41.6 Å². The maximum Gasteiger partial charge on any atom is 0.412 e. The Bertz CT molecular complexity index is 2630. The van der Waals surface area contributed by atoms with Crippen LogP contribution in [0, 0.1) is 33.8 Å². The van der Waals surface area contributed by atoms with Crippen LogP contribution in [0.5, 0.6) is 5.75 Å². The number of hydrogen-bond donors (Lipinski definition) is 4. The largest absolute Gasteiger partial charge is 0.444 e. The fourth-order valence-corrected chi connectivity index (χ4v) is 11.4. The van der Waals surface area contributed by atoms with E-state index in [1.54, 1.807) is 73.7 Å². The highest BCUT2D eigenvalue weighted by Gasteiger charge is 2.53. The molecule has 2 saturated heterocycles. The zero-order valence-corrected chi connectivity index (χ0v) is 48.1. The lowest BCUT2D eigenvalue weighted by Gasteiger charge is -2.41. The van der Waals surface area contributed by atoms with E-state index in [0.29, 0.717) is 43.5 Å². The molecule has 0 spiro atoms. The van der Waals surface area contributed by atoms with Gasteiger partial charge in [0.25, 0.3) is 5.69 Å². The van der Waals surface area contributed by atoms with Crippen LogP contribution in [0.1, 0.15) is 111 Å². The molecule has 7 amide bonds. The summed E-state index contributed by atoms with van der Waals surface area (Å²) in [7, 11) is 4.70. The van der Waals surface area contributed by atoms with Crippen molar-refractivity contribution < 1.29 is 57.4 Å². The summed E-state index contributed by atoms with van der Waals surface area (Å²) in [5, 5.41) is 22.5. The number of likely N-dealkylation sites (tertiary alicyclic amines) is 2. The highest BCUT2D eigenvalue weighted by atomic mass is 16.6. The van der Waals surface area contributed by atoms with Crippen LogP contribution in [-0.2, 0) is 51.1 Å². The Morgan fingerprint density at radius 1 is 0.838 bits per heavy atom. The van der Waals surface area contributed by atoms with Crippen molar-refractivity contribution in [2.45, 2.75) is 167 Å². The fraction of sp³-hybridized carbons (Fsp3) is 0.576. The van der Waals surface area contributed by atoms with E-state index in [1.807, 2.05) is 58.0 Å². The van der Waals surface area contributed by atoms with Crippen LogP contribution in [0.25, 0.3) is 0 Å². The number of methoxy groups -OCH3 is 2. The number of piperidine rings is 1. The van der Waals surface area contributed by atoms with Crippen molar-refractivity contribution in [2.75, 3.05) is 33.1 Å². The molecule has 2 bridgehead atoms. The van der Waals surface area contributed by atoms with Crippen LogP contribution in [0.2, 0.25) is 0 Å². The predicted octanol–water partition coefficient (Wildman–Crippen LogP) is 7.40. The summed E-state index contributed by atoms with van der Waals surface area (Å²) in [6.45, 7) is 15.3. The van der Waals surface area contributed by atoms with E-state index in [4.69, 9.17) is 18.9 Å². The second kappa shape index (κ2) is 27.8. The number of nitro benzene ring substituents is 1. The van der Waals surface area contributed by atoms with Crippen molar-refractivity contribution in [1.29, 1.82) is 0 Å². The van der Waals surface area contributed by atoms with Crippen LogP contribution >= 0.6 is 0 Å². The van der Waals surface area contributed by atoms with Crippen LogP contribution in [0.15, 0.2) is 78.9 Å². The van der Waals surface area contributed by atoms with Gasteiger partial charge < -0.3 is 50.0 Å². The number of nitrogens with zero attached hydrogens (tertiary/aromatic N) is 4. The Morgan fingerprint density at radius 3 is 2.11 bits per heavy atom. The van der Waals surface area contributed by atoms with E-state index in [9.17, 15) is 43.7 Å². The van der Waals surface area contributed by atoms with Gasteiger partial charge in [0.1, 0.15) is 29.5 Å². The highest BCUT2D eigenvalue weighted by Crippen LogP contribution is 2.43. The van der Waals surface area contributed by atoms with Crippen molar-refractivity contribution in [2.24, 2.45) is 23.7 Å². The number of anilines is 1. The van der Waals surface area contributed by atoms with Gasteiger partial charge in [-0.2, -0.15) is 0 Å². The standard InChI is InChI=1S/C59H82N8O13/c1-12-36(4)50(64(9)56(72)49(35(2)3)63-55(71)51-40-22-25-43(32-40)66(51)58(74)80-59(6,7)8)47(77-10)33-48(68)65-30-16-19-46(65)52(78-11)37(5)53(69)62-45(31-38-17-14-13-15-18-38)54(70)61-41-23-20-39(21-24-41)34-60-57(73)79-44-28-26-42(27-29-44)67(75)76/h13-15,17-18,20-21,23-24,26-29,35-37,40,43,45-47,49-52H,12,16,19,22,25,30-34H2,1-11H3,(H,60,73)(H,61,70)(H,62,69)(H,63,71)/t36-,37+,40?,43?,45-,46-,47+,49-,50-,51?,52+/m0/s1. The molecule has 11 atom stereocenters. The molecule has 3 unspecified atom stereocenters. The molecule has 3 fully saturated rings. The molecule has 1 aliphatic carbocycles. The Hall–Kier alpha value is -7.13. The molecule has 3 aromatic carbocycles. The SMILES string of the molecule is CC[C@H](C)[C@@H]([C@@H](CC(=O)N1CCC[C@H]1[C@H](OC)[C@@H](C)C(=O)N[C@@H](Cc1ccccc1)C(=O)Nc1ccc(CNC(=O)Oc2ccc([N+](=O)[O-])cc2)cc1)OC)N(C)C(=O)[C@@H](NC(=O)C1C2CCC(C2)N1C(=O)OC(C)(C)C)C(C)C. The number of carbonyl (C=O) groups is 7. The van der Waals surface area contributed by atoms with Gasteiger partial charge in [-0.15, -0.1) is 0 Å². The molecule has 21 nitrogen and oxygen atoms in total. The second-order valence-electron chi connectivity index (χ2n) is 22.8. The first kappa shape index (κ1) is 62.1. The topological polar surface area (TPSA) is 257 Å². The molecule has 1 saturated carbocycles. The van der Waals surface area contributed by atoms with Crippen LogP contribution in [-0.4, -0.2) is 143 Å². The lowest BCUT2D eigenvalue weighted by atomic mass is 9.89. The first-order valence-corrected chi connectivity index (χ1v) is 27.8. The Kier molecular flexibility index (Phi) is 21.6. The van der Waals surface area contributed by atoms with Gasteiger partial charge in [-0.1, -0.05) is 83.5 Å². The quantitative estimate of drug-likeness (QED) is 0.0504. The average molecular weight is 1110 g/mol. The molecule has 3 aromatic rings. The van der Waals surface area contributed by atoms with Crippen LogP contribution in [0.4, 0.5) is 21.0 Å². The third kappa shape index (κ3) is 15.8. The second-order valence-corrected chi connectivity index (χ2v) is 22.8.